The molecule has 0 amide bonds. The quantitative estimate of drug-likeness (QED) is 0.822. The maximum Gasteiger partial charge on any atom is 0.161 e. The summed E-state index contributed by atoms with van der Waals surface area (Å²) in [7, 11) is 0. The van der Waals surface area contributed by atoms with Crippen molar-refractivity contribution in [1.29, 1.82) is 0 Å². The van der Waals surface area contributed by atoms with Gasteiger partial charge in [0.05, 0.1) is 6.61 Å². The van der Waals surface area contributed by atoms with E-state index in [1.807, 2.05) is 0 Å². The molecule has 94 valence electrons. The van der Waals surface area contributed by atoms with Crippen molar-refractivity contribution >= 4 is 11.6 Å². The molecule has 2 aromatic carbocycles. The number of rotatable bonds is 2. The Labute approximate surface area is 106 Å². The summed E-state index contributed by atoms with van der Waals surface area (Å²) in [4.78, 5) is 0. The molecule has 1 nitrogen and oxygen atoms in total. The van der Waals surface area contributed by atoms with Crippen molar-refractivity contribution in [3.63, 3.8) is 0 Å². The summed E-state index contributed by atoms with van der Waals surface area (Å²) in [6.07, 6.45) is 0. The van der Waals surface area contributed by atoms with Crippen LogP contribution in [-0.2, 0) is 6.61 Å². The molecule has 0 aliphatic rings. The molecule has 2 rings (SSSR count). The Bertz CT molecular complexity index is 599. The molecule has 0 aliphatic heterocycles. The van der Waals surface area contributed by atoms with Crippen LogP contribution in [-0.4, -0.2) is 5.11 Å². The van der Waals surface area contributed by atoms with Gasteiger partial charge in [-0.2, -0.15) is 0 Å². The highest BCUT2D eigenvalue weighted by Crippen LogP contribution is 2.30. The van der Waals surface area contributed by atoms with Crippen LogP contribution < -0.4 is 0 Å². The summed E-state index contributed by atoms with van der Waals surface area (Å²) in [5.74, 6) is -3.30. The summed E-state index contributed by atoms with van der Waals surface area (Å²) in [5.41, 5.74) is 0.500. The third kappa shape index (κ3) is 2.35. The van der Waals surface area contributed by atoms with Gasteiger partial charge in [-0.1, -0.05) is 17.7 Å². The van der Waals surface area contributed by atoms with E-state index < -0.39 is 17.5 Å². The van der Waals surface area contributed by atoms with Crippen molar-refractivity contribution < 1.29 is 18.3 Å². The van der Waals surface area contributed by atoms with Gasteiger partial charge in [0.15, 0.2) is 11.6 Å². The van der Waals surface area contributed by atoms with Gasteiger partial charge in [-0.25, -0.2) is 13.2 Å². The normalized spacial score (nSPS) is 10.7. The van der Waals surface area contributed by atoms with Crippen LogP contribution in [0.5, 0.6) is 0 Å². The zero-order valence-electron chi connectivity index (χ0n) is 9.05. The van der Waals surface area contributed by atoms with Gasteiger partial charge < -0.3 is 5.11 Å². The summed E-state index contributed by atoms with van der Waals surface area (Å²) < 4.78 is 39.6. The highest BCUT2D eigenvalue weighted by molar-refractivity contribution is 6.30. The number of hydrogen-bond donors (Lipinski definition) is 1. The largest absolute Gasteiger partial charge is 0.392 e. The van der Waals surface area contributed by atoms with Crippen LogP contribution in [0.3, 0.4) is 0 Å². The van der Waals surface area contributed by atoms with Gasteiger partial charge >= 0.3 is 0 Å². The van der Waals surface area contributed by atoms with Gasteiger partial charge in [0.25, 0.3) is 0 Å². The average molecular weight is 273 g/mol. The van der Waals surface area contributed by atoms with Gasteiger partial charge in [0, 0.05) is 16.7 Å². The monoisotopic (exact) mass is 272 g/mol. The van der Waals surface area contributed by atoms with Crippen LogP contribution in [0.15, 0.2) is 30.3 Å². The van der Waals surface area contributed by atoms with E-state index in [0.717, 1.165) is 6.07 Å². The van der Waals surface area contributed by atoms with E-state index in [0.29, 0.717) is 16.7 Å². The predicted octanol–water partition coefficient (Wildman–Crippen LogP) is 3.92. The van der Waals surface area contributed by atoms with Crippen LogP contribution in [0.2, 0.25) is 5.02 Å². The summed E-state index contributed by atoms with van der Waals surface area (Å²) in [6.45, 7) is -0.381. The van der Waals surface area contributed by atoms with Crippen molar-refractivity contribution in [2.75, 3.05) is 0 Å². The Hall–Kier alpha value is -1.52. The second-order valence-electron chi connectivity index (χ2n) is 3.71. The third-order valence-corrected chi connectivity index (χ3v) is 2.77. The van der Waals surface area contributed by atoms with Crippen LogP contribution >= 0.6 is 11.6 Å². The molecule has 0 atom stereocenters. The molecule has 0 saturated carbocycles. The lowest BCUT2D eigenvalue weighted by Gasteiger charge is -2.09. The van der Waals surface area contributed by atoms with Crippen molar-refractivity contribution in [3.8, 4) is 11.1 Å². The molecule has 2 aromatic rings. The lowest BCUT2D eigenvalue weighted by molar-refractivity contribution is 0.282. The molecular formula is C13H8ClF3O. The van der Waals surface area contributed by atoms with Crippen LogP contribution in [0.1, 0.15) is 5.56 Å². The maximum atomic E-state index is 13.6. The molecule has 0 unspecified atom stereocenters. The Morgan fingerprint density at radius 2 is 1.56 bits per heavy atom. The minimum absolute atomic E-state index is 0.116. The molecule has 1 N–H and O–H groups in total. The molecule has 0 bridgehead atoms. The van der Waals surface area contributed by atoms with Crippen molar-refractivity contribution in [2.24, 2.45) is 0 Å². The number of halogens is 4. The van der Waals surface area contributed by atoms with E-state index in [2.05, 4.69) is 0 Å². The molecule has 18 heavy (non-hydrogen) atoms. The second kappa shape index (κ2) is 5.00. The molecule has 0 aliphatic carbocycles. The smallest absolute Gasteiger partial charge is 0.161 e. The van der Waals surface area contributed by atoms with Crippen molar-refractivity contribution in [2.45, 2.75) is 6.61 Å². The van der Waals surface area contributed by atoms with Crippen molar-refractivity contribution in [1.82, 2.24) is 0 Å². The summed E-state index contributed by atoms with van der Waals surface area (Å²) >= 11 is 5.74. The standard InChI is InChI=1S/C13H8ClF3O/c14-8-1-2-9(7(3-8)6-18)10-4-12(16)13(17)5-11(10)15/h1-5,18H,6H2. The third-order valence-electron chi connectivity index (χ3n) is 2.54. The summed E-state index contributed by atoms with van der Waals surface area (Å²) in [6, 6.07) is 5.60. The van der Waals surface area contributed by atoms with E-state index in [-0.39, 0.29) is 17.7 Å². The van der Waals surface area contributed by atoms with E-state index in [1.165, 1.54) is 18.2 Å². The van der Waals surface area contributed by atoms with Gasteiger partial charge in [0.2, 0.25) is 0 Å². The Balaban J connectivity index is 2.65. The van der Waals surface area contributed by atoms with Crippen LogP contribution in [0.4, 0.5) is 13.2 Å². The van der Waals surface area contributed by atoms with Crippen molar-refractivity contribution in [3.05, 3.63) is 58.4 Å². The van der Waals surface area contributed by atoms with Gasteiger partial charge in [-0.05, 0) is 29.3 Å². The van der Waals surface area contributed by atoms with Crippen LogP contribution in [0.25, 0.3) is 11.1 Å². The van der Waals surface area contributed by atoms with Gasteiger partial charge in [0.1, 0.15) is 5.82 Å². The predicted molar refractivity (Wildman–Crippen MR) is 62.7 cm³/mol. The number of benzene rings is 2. The zero-order chi connectivity index (χ0) is 13.3. The lowest BCUT2D eigenvalue weighted by atomic mass is 9.99. The van der Waals surface area contributed by atoms with Gasteiger partial charge in [-0.15, -0.1) is 0 Å². The highest BCUT2D eigenvalue weighted by atomic mass is 35.5. The SMILES string of the molecule is OCc1cc(Cl)ccc1-c1cc(F)c(F)cc1F. The molecule has 5 heteroatoms. The highest BCUT2D eigenvalue weighted by Gasteiger charge is 2.14. The Morgan fingerprint density at radius 3 is 2.22 bits per heavy atom. The first kappa shape index (κ1) is 12.9. The fourth-order valence-corrected chi connectivity index (χ4v) is 1.88. The summed E-state index contributed by atoms with van der Waals surface area (Å²) in [5, 5.41) is 9.54. The molecule has 0 saturated heterocycles. The van der Waals surface area contributed by atoms with Crippen LogP contribution in [0, 0.1) is 17.5 Å². The topological polar surface area (TPSA) is 20.2 Å². The zero-order valence-corrected chi connectivity index (χ0v) is 9.81. The molecule has 0 heterocycles. The van der Waals surface area contributed by atoms with E-state index in [9.17, 15) is 18.3 Å². The minimum atomic E-state index is -1.25. The first-order valence-electron chi connectivity index (χ1n) is 5.07. The second-order valence-corrected chi connectivity index (χ2v) is 4.14. The first-order chi connectivity index (χ1) is 8.52. The van der Waals surface area contributed by atoms with E-state index >= 15 is 0 Å². The van der Waals surface area contributed by atoms with Gasteiger partial charge in [-0.3, -0.25) is 0 Å². The lowest BCUT2D eigenvalue weighted by Crippen LogP contribution is -1.95. The Kier molecular flexibility index (Phi) is 3.59. The fraction of sp³-hybridized carbons (Fsp3) is 0.0769. The number of hydrogen-bond acceptors (Lipinski definition) is 1. The average Bonchev–Trinajstić information content (AvgIpc) is 2.34. The molecular weight excluding hydrogens is 265 g/mol. The first-order valence-corrected chi connectivity index (χ1v) is 5.45. The molecule has 0 radical (unpaired) electrons. The maximum absolute atomic E-state index is 13.6. The Morgan fingerprint density at radius 1 is 0.889 bits per heavy atom. The fourth-order valence-electron chi connectivity index (χ4n) is 1.68. The number of aliphatic hydroxyl groups excluding tert-OH is 1. The molecule has 0 fully saturated rings. The minimum Gasteiger partial charge on any atom is -0.392 e. The molecule has 0 aromatic heterocycles. The van der Waals surface area contributed by atoms with E-state index in [4.69, 9.17) is 11.6 Å². The number of aliphatic hydroxyl groups is 1. The molecule has 0 spiro atoms. The van der Waals surface area contributed by atoms with E-state index in [1.54, 1.807) is 0 Å².